The average Bonchev–Trinajstić information content (AvgIpc) is 2.66. The van der Waals surface area contributed by atoms with Crippen LogP contribution in [0.2, 0.25) is 0 Å². The lowest BCUT2D eigenvalue weighted by molar-refractivity contribution is -0.137. The van der Waals surface area contributed by atoms with Gasteiger partial charge >= 0.3 is 5.97 Å². The van der Waals surface area contributed by atoms with Crippen LogP contribution >= 0.6 is 0 Å². The number of nitrogens with one attached hydrogen (secondary N) is 1. The number of benzene rings is 1. The van der Waals surface area contributed by atoms with Crippen LogP contribution in [0.5, 0.6) is 11.5 Å². The number of carboxylic acids is 1. The van der Waals surface area contributed by atoms with Gasteiger partial charge in [0.2, 0.25) is 6.79 Å². The Morgan fingerprint density at radius 1 is 1.53 bits per heavy atom. The Balaban J connectivity index is 2.22. The number of carbonyl (C=O) groups is 1. The van der Waals surface area contributed by atoms with Gasteiger partial charge in [-0.3, -0.25) is 4.79 Å². The summed E-state index contributed by atoms with van der Waals surface area (Å²) in [5, 5.41) is 11.6. The molecule has 2 N–H and O–H groups in total. The van der Waals surface area contributed by atoms with Gasteiger partial charge in [-0.15, -0.1) is 0 Å². The molecule has 0 spiro atoms. The number of para-hydroxylation sites is 1. The van der Waals surface area contributed by atoms with Crippen LogP contribution in [0.4, 0.5) is 5.69 Å². The zero-order valence-electron chi connectivity index (χ0n) is 8.19. The molecule has 0 unspecified atom stereocenters. The molecule has 1 aliphatic rings. The number of carboxylic acid groups (broad SMARTS) is 1. The zero-order chi connectivity index (χ0) is 10.8. The summed E-state index contributed by atoms with van der Waals surface area (Å²) in [5.41, 5.74) is 0.639. The first kappa shape index (κ1) is 9.64. The van der Waals surface area contributed by atoms with Crippen molar-refractivity contribution in [2.75, 3.05) is 12.1 Å². The molecule has 0 bridgehead atoms. The fraction of sp³-hybridized carbons (Fsp3) is 0.300. The minimum absolute atomic E-state index is 0.176. The van der Waals surface area contributed by atoms with Crippen LogP contribution in [0, 0.1) is 0 Å². The third kappa shape index (κ3) is 1.81. The molecule has 0 saturated carbocycles. The van der Waals surface area contributed by atoms with Gasteiger partial charge in [0.25, 0.3) is 0 Å². The van der Waals surface area contributed by atoms with Crippen molar-refractivity contribution in [3.8, 4) is 11.5 Å². The summed E-state index contributed by atoms with van der Waals surface area (Å²) >= 11 is 0. The molecule has 5 nitrogen and oxygen atoms in total. The monoisotopic (exact) mass is 209 g/mol. The summed E-state index contributed by atoms with van der Waals surface area (Å²) < 4.78 is 10.4. The fourth-order valence-electron chi connectivity index (χ4n) is 1.34. The number of hydrogen-bond donors (Lipinski definition) is 2. The third-order valence-electron chi connectivity index (χ3n) is 2.14. The van der Waals surface area contributed by atoms with E-state index in [4.69, 9.17) is 14.6 Å². The van der Waals surface area contributed by atoms with Crippen molar-refractivity contribution in [1.29, 1.82) is 0 Å². The first-order valence-electron chi connectivity index (χ1n) is 4.56. The SMILES string of the molecule is C[C@H](Nc1cccc2c1OCO2)C(=O)O. The summed E-state index contributed by atoms with van der Waals surface area (Å²) in [5.74, 6) is 0.301. The fourth-order valence-corrected chi connectivity index (χ4v) is 1.34. The largest absolute Gasteiger partial charge is 0.480 e. The molecule has 0 amide bonds. The molecule has 0 fully saturated rings. The van der Waals surface area contributed by atoms with Crippen molar-refractivity contribution in [1.82, 2.24) is 0 Å². The maximum atomic E-state index is 10.7. The van der Waals surface area contributed by atoms with E-state index in [0.717, 1.165) is 0 Å². The Kier molecular flexibility index (Phi) is 2.37. The first-order chi connectivity index (χ1) is 7.18. The van der Waals surface area contributed by atoms with Gasteiger partial charge in [0, 0.05) is 0 Å². The molecule has 80 valence electrons. The van der Waals surface area contributed by atoms with Crippen molar-refractivity contribution in [2.45, 2.75) is 13.0 Å². The lowest BCUT2D eigenvalue weighted by Gasteiger charge is -2.12. The van der Waals surface area contributed by atoms with E-state index in [0.29, 0.717) is 17.2 Å². The normalized spacial score (nSPS) is 14.7. The predicted molar refractivity (Wildman–Crippen MR) is 53.3 cm³/mol. The second-order valence-electron chi connectivity index (χ2n) is 3.24. The van der Waals surface area contributed by atoms with E-state index in [1.165, 1.54) is 0 Å². The quantitative estimate of drug-likeness (QED) is 0.785. The number of anilines is 1. The molecule has 2 rings (SSSR count). The number of aliphatic carboxylic acids is 1. The highest BCUT2D eigenvalue weighted by molar-refractivity contribution is 5.78. The molecule has 1 aromatic carbocycles. The molecule has 0 aromatic heterocycles. The second-order valence-corrected chi connectivity index (χ2v) is 3.24. The van der Waals surface area contributed by atoms with Crippen molar-refractivity contribution in [3.63, 3.8) is 0 Å². The molecule has 1 atom stereocenters. The Bertz CT molecular complexity index is 391. The van der Waals surface area contributed by atoms with E-state index in [9.17, 15) is 4.79 Å². The van der Waals surface area contributed by atoms with Crippen molar-refractivity contribution in [2.24, 2.45) is 0 Å². The highest BCUT2D eigenvalue weighted by Crippen LogP contribution is 2.38. The molecule has 0 saturated heterocycles. The summed E-state index contributed by atoms with van der Waals surface area (Å²) in [4.78, 5) is 10.7. The van der Waals surface area contributed by atoms with E-state index in [2.05, 4.69) is 5.32 Å². The van der Waals surface area contributed by atoms with Gasteiger partial charge in [-0.2, -0.15) is 0 Å². The molecule has 1 aliphatic heterocycles. The minimum atomic E-state index is -0.911. The van der Waals surface area contributed by atoms with Crippen LogP contribution in [-0.4, -0.2) is 23.9 Å². The van der Waals surface area contributed by atoms with Crippen LogP contribution < -0.4 is 14.8 Å². The van der Waals surface area contributed by atoms with Gasteiger partial charge in [0.1, 0.15) is 6.04 Å². The van der Waals surface area contributed by atoms with Crippen LogP contribution in [0.3, 0.4) is 0 Å². The third-order valence-corrected chi connectivity index (χ3v) is 2.14. The van der Waals surface area contributed by atoms with Gasteiger partial charge in [-0.05, 0) is 19.1 Å². The standard InChI is InChI=1S/C10H11NO4/c1-6(10(12)13)11-7-3-2-4-8-9(7)15-5-14-8/h2-4,6,11H,5H2,1H3,(H,12,13)/t6-/m0/s1. The maximum absolute atomic E-state index is 10.7. The van der Waals surface area contributed by atoms with Crippen LogP contribution in [0.25, 0.3) is 0 Å². The minimum Gasteiger partial charge on any atom is -0.480 e. The number of rotatable bonds is 3. The predicted octanol–water partition coefficient (Wildman–Crippen LogP) is 1.30. The Morgan fingerprint density at radius 3 is 3.07 bits per heavy atom. The molecule has 0 radical (unpaired) electrons. The Morgan fingerprint density at radius 2 is 2.33 bits per heavy atom. The second kappa shape index (κ2) is 3.68. The number of fused-ring (bicyclic) bond motifs is 1. The lowest BCUT2D eigenvalue weighted by atomic mass is 10.2. The van der Waals surface area contributed by atoms with Gasteiger partial charge in [-0.1, -0.05) is 6.07 Å². The van der Waals surface area contributed by atoms with Gasteiger partial charge in [-0.25, -0.2) is 0 Å². The number of hydrogen-bond acceptors (Lipinski definition) is 4. The summed E-state index contributed by atoms with van der Waals surface area (Å²) in [7, 11) is 0. The van der Waals surface area contributed by atoms with Gasteiger partial charge < -0.3 is 19.9 Å². The molecule has 1 aromatic rings. The molecule has 15 heavy (non-hydrogen) atoms. The summed E-state index contributed by atoms with van der Waals surface area (Å²) in [6, 6.07) is 4.65. The van der Waals surface area contributed by atoms with Gasteiger partial charge in [0.05, 0.1) is 5.69 Å². The average molecular weight is 209 g/mol. The Hall–Kier alpha value is -1.91. The topological polar surface area (TPSA) is 67.8 Å². The van der Waals surface area contributed by atoms with Crippen molar-refractivity contribution >= 4 is 11.7 Å². The van der Waals surface area contributed by atoms with Crippen LogP contribution in [0.1, 0.15) is 6.92 Å². The summed E-state index contributed by atoms with van der Waals surface area (Å²) in [6.45, 7) is 1.74. The molecule has 5 heteroatoms. The highest BCUT2D eigenvalue weighted by atomic mass is 16.7. The van der Waals surface area contributed by atoms with Crippen molar-refractivity contribution < 1.29 is 19.4 Å². The summed E-state index contributed by atoms with van der Waals surface area (Å²) in [6.07, 6.45) is 0. The van der Waals surface area contributed by atoms with Crippen LogP contribution in [-0.2, 0) is 4.79 Å². The molecule has 0 aliphatic carbocycles. The van der Waals surface area contributed by atoms with E-state index in [-0.39, 0.29) is 6.79 Å². The van der Waals surface area contributed by atoms with E-state index >= 15 is 0 Å². The highest BCUT2D eigenvalue weighted by Gasteiger charge is 2.19. The zero-order valence-corrected chi connectivity index (χ0v) is 8.19. The lowest BCUT2D eigenvalue weighted by Crippen LogP contribution is -2.25. The van der Waals surface area contributed by atoms with E-state index in [1.807, 2.05) is 0 Å². The van der Waals surface area contributed by atoms with Gasteiger partial charge in [0.15, 0.2) is 11.5 Å². The molecular weight excluding hydrogens is 198 g/mol. The Labute approximate surface area is 86.6 Å². The maximum Gasteiger partial charge on any atom is 0.325 e. The van der Waals surface area contributed by atoms with Crippen LogP contribution in [0.15, 0.2) is 18.2 Å². The first-order valence-corrected chi connectivity index (χ1v) is 4.56. The van der Waals surface area contributed by atoms with Crippen molar-refractivity contribution in [3.05, 3.63) is 18.2 Å². The molecular formula is C10H11NO4. The number of ether oxygens (including phenoxy) is 2. The van der Waals surface area contributed by atoms with E-state index < -0.39 is 12.0 Å². The van der Waals surface area contributed by atoms with E-state index in [1.54, 1.807) is 25.1 Å². The molecule has 1 heterocycles. The smallest absolute Gasteiger partial charge is 0.325 e.